The quantitative estimate of drug-likeness (QED) is 0.185. The number of fused-ring (bicyclic) bond motifs is 2. The Morgan fingerprint density at radius 1 is 1.16 bits per heavy atom. The molecule has 0 aliphatic carbocycles. The first-order valence-electron chi connectivity index (χ1n) is 14.6. The molecule has 0 radical (unpaired) electrons. The maximum Gasteiger partial charge on any atom is 0.224 e. The van der Waals surface area contributed by atoms with Crippen molar-refractivity contribution in [3.05, 3.63) is 70.5 Å². The number of amides is 1. The van der Waals surface area contributed by atoms with Gasteiger partial charge in [0.05, 0.1) is 46.4 Å². The molecule has 0 spiro atoms. The van der Waals surface area contributed by atoms with E-state index in [1.165, 1.54) is 6.20 Å². The minimum Gasteiger partial charge on any atom is -0.492 e. The van der Waals surface area contributed by atoms with Crippen molar-refractivity contribution < 1.29 is 19.0 Å². The van der Waals surface area contributed by atoms with Gasteiger partial charge in [0.1, 0.15) is 24.2 Å². The van der Waals surface area contributed by atoms with Gasteiger partial charge in [0.2, 0.25) is 11.8 Å². The number of nitrogens with zero attached hydrogens (tertiary/aromatic N) is 4. The SMILES string of the molecule is CCOc1cc2ncc(C#N)c(Nc3ccc(OCc4ccc5c(n4)OCCC5)c(Cl)c3)c2cc1NC(=O)CCCN(C)C. The van der Waals surface area contributed by atoms with Gasteiger partial charge in [-0.25, -0.2) is 4.98 Å². The Balaban J connectivity index is 1.37. The number of hydrogen-bond donors (Lipinski definition) is 2. The zero-order valence-electron chi connectivity index (χ0n) is 25.1. The highest BCUT2D eigenvalue weighted by atomic mass is 35.5. The van der Waals surface area contributed by atoms with Crippen LogP contribution >= 0.6 is 11.6 Å². The van der Waals surface area contributed by atoms with Gasteiger partial charge in [-0.05, 0) is 77.2 Å². The minimum atomic E-state index is -0.119. The number of ether oxygens (including phenoxy) is 3. The molecular weight excluding hydrogens is 580 g/mol. The van der Waals surface area contributed by atoms with Crippen LogP contribution < -0.4 is 24.8 Å². The summed E-state index contributed by atoms with van der Waals surface area (Å²) in [7, 11) is 3.94. The minimum absolute atomic E-state index is 0.119. The second kappa shape index (κ2) is 14.3. The third kappa shape index (κ3) is 7.48. The van der Waals surface area contributed by atoms with Crippen molar-refractivity contribution in [2.75, 3.05) is 44.5 Å². The highest BCUT2D eigenvalue weighted by molar-refractivity contribution is 6.32. The third-order valence-corrected chi connectivity index (χ3v) is 7.37. The molecule has 11 heteroatoms. The average Bonchev–Trinajstić information content (AvgIpc) is 3.01. The zero-order chi connectivity index (χ0) is 31.1. The molecule has 2 aromatic carbocycles. The van der Waals surface area contributed by atoms with Crippen LogP contribution in [0.15, 0.2) is 48.7 Å². The Kier molecular flexibility index (Phi) is 10.00. The van der Waals surface area contributed by atoms with E-state index in [4.69, 9.17) is 25.8 Å². The van der Waals surface area contributed by atoms with E-state index >= 15 is 0 Å². The standard InChI is InChI=1S/C33H35ClN6O4/c1-4-42-30-17-27-25(16-28(30)39-31(41)8-5-13-40(2)3)32(22(18-35)19-36-27)37-23-11-12-29(26(34)15-23)44-20-24-10-9-21-7-6-14-43-33(21)38-24/h9-12,15-17,19H,4-8,13-14,20H2,1-3H3,(H,36,37)(H,39,41). The first-order valence-corrected chi connectivity index (χ1v) is 15.0. The highest BCUT2D eigenvalue weighted by Crippen LogP contribution is 2.37. The van der Waals surface area contributed by atoms with Crippen LogP contribution in [0.2, 0.25) is 5.02 Å². The Bertz CT molecular complexity index is 1700. The predicted molar refractivity (Wildman–Crippen MR) is 171 cm³/mol. The van der Waals surface area contributed by atoms with Crippen molar-refractivity contribution in [1.82, 2.24) is 14.9 Å². The molecule has 0 fully saturated rings. The Hall–Kier alpha value is -4.59. The molecule has 0 saturated heterocycles. The largest absolute Gasteiger partial charge is 0.492 e. The highest BCUT2D eigenvalue weighted by Gasteiger charge is 2.17. The van der Waals surface area contributed by atoms with Crippen molar-refractivity contribution in [2.45, 2.75) is 39.2 Å². The molecule has 1 aliphatic rings. The van der Waals surface area contributed by atoms with Gasteiger partial charge in [-0.2, -0.15) is 5.26 Å². The molecule has 4 aromatic rings. The van der Waals surface area contributed by atoms with Gasteiger partial charge in [0, 0.05) is 35.3 Å². The topological polar surface area (TPSA) is 122 Å². The number of nitrogens with one attached hydrogen (secondary N) is 2. The van der Waals surface area contributed by atoms with Crippen molar-refractivity contribution in [3.63, 3.8) is 0 Å². The van der Waals surface area contributed by atoms with E-state index in [0.29, 0.717) is 75.6 Å². The lowest BCUT2D eigenvalue weighted by molar-refractivity contribution is -0.116. The van der Waals surface area contributed by atoms with E-state index < -0.39 is 0 Å². The normalized spacial score (nSPS) is 12.3. The van der Waals surface area contributed by atoms with Crippen molar-refractivity contribution >= 4 is 45.5 Å². The van der Waals surface area contributed by atoms with Crippen LogP contribution in [-0.4, -0.2) is 54.6 Å². The van der Waals surface area contributed by atoms with Crippen molar-refractivity contribution in [3.8, 4) is 23.4 Å². The summed E-state index contributed by atoms with van der Waals surface area (Å²) in [5.74, 6) is 1.56. The molecular formula is C33H35ClN6O4. The maximum absolute atomic E-state index is 12.8. The Morgan fingerprint density at radius 3 is 2.80 bits per heavy atom. The van der Waals surface area contributed by atoms with E-state index in [0.717, 1.165) is 37.1 Å². The summed E-state index contributed by atoms with van der Waals surface area (Å²) >= 11 is 6.61. The molecule has 1 amide bonds. The second-order valence-corrected chi connectivity index (χ2v) is 11.1. The molecule has 228 valence electrons. The molecule has 0 unspecified atom stereocenters. The van der Waals surface area contributed by atoms with Crippen molar-refractivity contribution in [2.24, 2.45) is 0 Å². The fourth-order valence-corrected chi connectivity index (χ4v) is 5.14. The first kappa shape index (κ1) is 30.9. The van der Waals surface area contributed by atoms with Gasteiger partial charge in [0.15, 0.2) is 0 Å². The van der Waals surface area contributed by atoms with E-state index in [9.17, 15) is 10.1 Å². The smallest absolute Gasteiger partial charge is 0.224 e. The molecule has 0 saturated carbocycles. The van der Waals surface area contributed by atoms with Crippen LogP contribution in [0.1, 0.15) is 43.0 Å². The summed E-state index contributed by atoms with van der Waals surface area (Å²) in [6.45, 7) is 4.01. The van der Waals surface area contributed by atoms with Gasteiger partial charge < -0.3 is 29.7 Å². The number of anilines is 3. The summed E-state index contributed by atoms with van der Waals surface area (Å²) in [5.41, 5.74) is 4.49. The van der Waals surface area contributed by atoms with Gasteiger partial charge in [-0.15, -0.1) is 0 Å². The number of hydrogen-bond acceptors (Lipinski definition) is 9. The number of carbonyl (C=O) groups is 1. The average molecular weight is 615 g/mol. The van der Waals surface area contributed by atoms with Crippen LogP contribution in [-0.2, 0) is 17.8 Å². The Labute approximate surface area is 261 Å². The molecule has 0 atom stereocenters. The fraction of sp³-hybridized carbons (Fsp3) is 0.333. The van der Waals surface area contributed by atoms with E-state index in [2.05, 4.69) is 26.7 Å². The van der Waals surface area contributed by atoms with Crippen LogP contribution in [0.3, 0.4) is 0 Å². The van der Waals surface area contributed by atoms with Crippen LogP contribution in [0.5, 0.6) is 17.4 Å². The number of aromatic nitrogens is 2. The molecule has 1 aliphatic heterocycles. The lowest BCUT2D eigenvalue weighted by Gasteiger charge is -2.17. The maximum atomic E-state index is 12.8. The number of benzene rings is 2. The van der Waals surface area contributed by atoms with Crippen LogP contribution in [0, 0.1) is 11.3 Å². The van der Waals surface area contributed by atoms with Crippen LogP contribution in [0.25, 0.3) is 10.9 Å². The van der Waals surface area contributed by atoms with Gasteiger partial charge in [0.25, 0.3) is 0 Å². The number of rotatable bonds is 12. The van der Waals surface area contributed by atoms with E-state index in [-0.39, 0.29) is 12.5 Å². The summed E-state index contributed by atoms with van der Waals surface area (Å²) < 4.78 is 17.5. The van der Waals surface area contributed by atoms with Gasteiger partial charge in [-0.3, -0.25) is 9.78 Å². The molecule has 2 N–H and O–H groups in total. The third-order valence-electron chi connectivity index (χ3n) is 7.08. The van der Waals surface area contributed by atoms with Gasteiger partial charge >= 0.3 is 0 Å². The summed E-state index contributed by atoms with van der Waals surface area (Å²) in [6.07, 6.45) is 4.56. The Morgan fingerprint density at radius 2 is 2.02 bits per heavy atom. The number of carbonyl (C=O) groups excluding carboxylic acids is 1. The van der Waals surface area contributed by atoms with Gasteiger partial charge in [-0.1, -0.05) is 17.7 Å². The van der Waals surface area contributed by atoms with Crippen molar-refractivity contribution in [1.29, 1.82) is 5.26 Å². The summed E-state index contributed by atoms with van der Waals surface area (Å²) in [4.78, 5) is 23.8. The second-order valence-electron chi connectivity index (χ2n) is 10.7. The predicted octanol–water partition coefficient (Wildman–Crippen LogP) is 6.48. The number of nitriles is 1. The number of pyridine rings is 2. The first-order chi connectivity index (χ1) is 21.3. The van der Waals surface area contributed by atoms with Crippen LogP contribution in [0.4, 0.5) is 17.1 Å². The monoisotopic (exact) mass is 614 g/mol. The molecule has 5 rings (SSSR count). The molecule has 2 aromatic heterocycles. The summed E-state index contributed by atoms with van der Waals surface area (Å²) in [6, 6.07) is 15.0. The number of halogens is 1. The summed E-state index contributed by atoms with van der Waals surface area (Å²) in [5, 5.41) is 17.3. The zero-order valence-corrected chi connectivity index (χ0v) is 25.8. The lowest BCUT2D eigenvalue weighted by atomic mass is 10.1. The molecule has 44 heavy (non-hydrogen) atoms. The number of aryl methyl sites for hydroxylation is 1. The van der Waals surface area contributed by atoms with E-state index in [1.54, 1.807) is 24.3 Å². The fourth-order valence-electron chi connectivity index (χ4n) is 4.91. The molecule has 0 bridgehead atoms. The molecule has 3 heterocycles. The molecule has 10 nitrogen and oxygen atoms in total. The van der Waals surface area contributed by atoms with E-state index in [1.807, 2.05) is 44.1 Å². The lowest BCUT2D eigenvalue weighted by Crippen LogP contribution is -2.17.